The fraction of sp³-hybridized carbons (Fsp3) is 0.357. The number of carboxylic acids is 1. The molecule has 0 aliphatic heterocycles. The van der Waals surface area contributed by atoms with Gasteiger partial charge in [0.25, 0.3) is 0 Å². The van der Waals surface area contributed by atoms with Crippen LogP contribution in [0.1, 0.15) is 19.4 Å². The van der Waals surface area contributed by atoms with Crippen molar-refractivity contribution in [2.24, 2.45) is 5.10 Å². The minimum absolute atomic E-state index is 0.373. The van der Waals surface area contributed by atoms with Gasteiger partial charge in [-0.1, -0.05) is 0 Å². The van der Waals surface area contributed by atoms with Crippen LogP contribution < -0.4 is 20.2 Å². The van der Waals surface area contributed by atoms with Crippen LogP contribution >= 0.6 is 12.2 Å². The maximum Gasteiger partial charge on any atom is 0.341 e. The number of rotatable bonds is 8. The third-order valence-corrected chi connectivity index (χ3v) is 2.57. The summed E-state index contributed by atoms with van der Waals surface area (Å²) < 4.78 is 10.6. The van der Waals surface area contributed by atoms with Gasteiger partial charge in [-0.3, -0.25) is 5.43 Å². The first-order chi connectivity index (χ1) is 10.6. The average Bonchev–Trinajstić information content (AvgIpc) is 2.47. The molecule has 0 saturated carbocycles. The zero-order chi connectivity index (χ0) is 16.4. The molecule has 0 radical (unpaired) electrons. The summed E-state index contributed by atoms with van der Waals surface area (Å²) in [5.74, 6) is -0.214. The van der Waals surface area contributed by atoms with Crippen molar-refractivity contribution in [3.63, 3.8) is 0 Å². The molecule has 0 spiro atoms. The fourth-order valence-corrected chi connectivity index (χ4v) is 1.69. The van der Waals surface area contributed by atoms with Gasteiger partial charge in [0, 0.05) is 6.54 Å². The Balaban J connectivity index is 2.76. The molecule has 0 saturated heterocycles. The number of nitrogens with zero attached hydrogens (tertiary/aromatic N) is 1. The van der Waals surface area contributed by atoms with Gasteiger partial charge in [-0.15, -0.1) is 0 Å². The minimum atomic E-state index is -1.05. The van der Waals surface area contributed by atoms with Crippen molar-refractivity contribution in [2.45, 2.75) is 13.8 Å². The van der Waals surface area contributed by atoms with Crippen LogP contribution in [0.3, 0.4) is 0 Å². The smallest absolute Gasteiger partial charge is 0.341 e. The molecular weight excluding hydrogens is 306 g/mol. The molecular formula is C14H19N3O4S. The monoisotopic (exact) mass is 325 g/mol. The van der Waals surface area contributed by atoms with Crippen molar-refractivity contribution in [3.8, 4) is 11.5 Å². The van der Waals surface area contributed by atoms with E-state index >= 15 is 0 Å². The van der Waals surface area contributed by atoms with E-state index in [2.05, 4.69) is 15.8 Å². The molecule has 0 amide bonds. The normalized spacial score (nSPS) is 10.3. The molecule has 0 unspecified atom stereocenters. The third kappa shape index (κ3) is 6.40. The number of carboxylic acid groups (broad SMARTS) is 1. The number of benzene rings is 1. The van der Waals surface area contributed by atoms with Crippen LogP contribution in [0.15, 0.2) is 23.3 Å². The summed E-state index contributed by atoms with van der Waals surface area (Å²) in [6, 6.07) is 5.08. The van der Waals surface area contributed by atoms with Crippen LogP contribution in [0.2, 0.25) is 0 Å². The topological polar surface area (TPSA) is 92.2 Å². The summed E-state index contributed by atoms with van der Waals surface area (Å²) in [5.41, 5.74) is 3.44. The molecule has 0 bridgehead atoms. The Morgan fingerprint density at radius 3 is 2.77 bits per heavy atom. The maximum absolute atomic E-state index is 10.6. The zero-order valence-electron chi connectivity index (χ0n) is 12.5. The highest BCUT2D eigenvalue weighted by atomic mass is 32.1. The first-order valence-electron chi connectivity index (χ1n) is 6.75. The van der Waals surface area contributed by atoms with E-state index in [1.54, 1.807) is 24.4 Å². The van der Waals surface area contributed by atoms with Gasteiger partial charge in [0.05, 0.1) is 12.8 Å². The van der Waals surface area contributed by atoms with Crippen molar-refractivity contribution >= 4 is 29.5 Å². The summed E-state index contributed by atoms with van der Waals surface area (Å²) in [7, 11) is 0. The quantitative estimate of drug-likeness (QED) is 0.378. The second-order valence-electron chi connectivity index (χ2n) is 4.05. The molecule has 8 heteroatoms. The maximum atomic E-state index is 10.6. The largest absolute Gasteiger partial charge is 0.490 e. The van der Waals surface area contributed by atoms with Gasteiger partial charge in [-0.05, 0) is 49.8 Å². The lowest BCUT2D eigenvalue weighted by molar-refractivity contribution is -0.139. The summed E-state index contributed by atoms with van der Waals surface area (Å²) in [4.78, 5) is 10.6. The van der Waals surface area contributed by atoms with Gasteiger partial charge in [0.15, 0.2) is 23.2 Å². The van der Waals surface area contributed by atoms with E-state index in [1.165, 1.54) is 0 Å². The number of ether oxygens (including phenoxy) is 2. The van der Waals surface area contributed by atoms with Crippen LogP contribution in [0.4, 0.5) is 0 Å². The number of nitrogens with one attached hydrogen (secondary N) is 2. The molecule has 3 N–H and O–H groups in total. The van der Waals surface area contributed by atoms with Crippen LogP contribution in [0.25, 0.3) is 0 Å². The predicted octanol–water partition coefficient (Wildman–Crippen LogP) is 1.37. The van der Waals surface area contributed by atoms with E-state index in [1.807, 2.05) is 13.8 Å². The number of aliphatic carboxylic acids is 1. The van der Waals surface area contributed by atoms with Crippen LogP contribution in [0.5, 0.6) is 11.5 Å². The average molecular weight is 325 g/mol. The summed E-state index contributed by atoms with van der Waals surface area (Å²) in [6.45, 7) is 4.49. The summed E-state index contributed by atoms with van der Waals surface area (Å²) >= 11 is 4.98. The van der Waals surface area contributed by atoms with Crippen LogP contribution in [-0.2, 0) is 4.79 Å². The molecule has 22 heavy (non-hydrogen) atoms. The molecule has 7 nitrogen and oxygen atoms in total. The second-order valence-corrected chi connectivity index (χ2v) is 4.46. The second kappa shape index (κ2) is 9.56. The van der Waals surface area contributed by atoms with Crippen molar-refractivity contribution in [1.82, 2.24) is 10.7 Å². The standard InChI is InChI=1S/C14H19N3O4S/c1-3-15-14(22)17-16-8-10-5-6-11(21-9-13(18)19)12(7-10)20-4-2/h5-8H,3-4,9H2,1-2H3,(H,18,19)(H2,15,17,22)/b16-8-. The molecule has 0 aliphatic carbocycles. The van der Waals surface area contributed by atoms with Gasteiger partial charge in [-0.2, -0.15) is 5.10 Å². The minimum Gasteiger partial charge on any atom is -0.490 e. The Morgan fingerprint density at radius 2 is 2.14 bits per heavy atom. The highest BCUT2D eigenvalue weighted by Crippen LogP contribution is 2.28. The molecule has 0 fully saturated rings. The SMILES string of the molecule is CCNC(=S)N/N=C\c1ccc(OCC(=O)O)c(OCC)c1. The summed E-state index contributed by atoms with van der Waals surface area (Å²) in [5, 5.41) is 16.0. The number of hydrogen-bond acceptors (Lipinski definition) is 5. The van der Waals surface area contributed by atoms with E-state index in [-0.39, 0.29) is 0 Å². The Kier molecular flexibility index (Phi) is 7.69. The third-order valence-electron chi connectivity index (χ3n) is 2.34. The van der Waals surface area contributed by atoms with Gasteiger partial charge < -0.3 is 19.9 Å². The predicted molar refractivity (Wildman–Crippen MR) is 87.7 cm³/mol. The molecule has 0 atom stereocenters. The van der Waals surface area contributed by atoms with Gasteiger partial charge >= 0.3 is 5.97 Å². The Bertz CT molecular complexity index is 549. The molecule has 0 aromatic heterocycles. The lowest BCUT2D eigenvalue weighted by Gasteiger charge is -2.11. The molecule has 1 aromatic carbocycles. The highest BCUT2D eigenvalue weighted by Gasteiger charge is 2.07. The van der Waals surface area contributed by atoms with E-state index < -0.39 is 12.6 Å². The summed E-state index contributed by atoms with van der Waals surface area (Å²) in [6.07, 6.45) is 1.58. The van der Waals surface area contributed by atoms with E-state index in [0.29, 0.717) is 29.8 Å². The van der Waals surface area contributed by atoms with Crippen molar-refractivity contribution in [1.29, 1.82) is 0 Å². The van der Waals surface area contributed by atoms with Crippen molar-refractivity contribution in [3.05, 3.63) is 23.8 Å². The number of hydrogen-bond donors (Lipinski definition) is 3. The zero-order valence-corrected chi connectivity index (χ0v) is 13.3. The molecule has 120 valence electrons. The Morgan fingerprint density at radius 1 is 1.36 bits per heavy atom. The number of carbonyl (C=O) groups is 1. The molecule has 0 aliphatic rings. The Hall–Kier alpha value is -2.35. The number of thiocarbonyl (C=S) groups is 1. The Labute approximate surface area is 134 Å². The van der Waals surface area contributed by atoms with Crippen LogP contribution in [0, 0.1) is 0 Å². The lowest BCUT2D eigenvalue weighted by Crippen LogP contribution is -2.31. The number of hydrazone groups is 1. The van der Waals surface area contributed by atoms with Crippen molar-refractivity contribution < 1.29 is 19.4 Å². The van der Waals surface area contributed by atoms with E-state index in [0.717, 1.165) is 5.56 Å². The van der Waals surface area contributed by atoms with Gasteiger partial charge in [0.2, 0.25) is 0 Å². The van der Waals surface area contributed by atoms with E-state index in [4.69, 9.17) is 26.8 Å². The molecule has 1 rings (SSSR count). The molecule has 1 aromatic rings. The van der Waals surface area contributed by atoms with E-state index in [9.17, 15) is 4.79 Å². The van der Waals surface area contributed by atoms with Gasteiger partial charge in [0.1, 0.15) is 0 Å². The van der Waals surface area contributed by atoms with Crippen molar-refractivity contribution in [2.75, 3.05) is 19.8 Å². The van der Waals surface area contributed by atoms with Crippen LogP contribution in [-0.4, -0.2) is 42.2 Å². The lowest BCUT2D eigenvalue weighted by atomic mass is 10.2. The molecule has 0 heterocycles. The first-order valence-corrected chi connectivity index (χ1v) is 7.16. The highest BCUT2D eigenvalue weighted by molar-refractivity contribution is 7.80. The fourth-order valence-electron chi connectivity index (χ4n) is 1.50. The first kappa shape index (κ1) is 17.7. The van der Waals surface area contributed by atoms with Gasteiger partial charge in [-0.25, -0.2) is 4.79 Å².